The van der Waals surface area contributed by atoms with E-state index in [2.05, 4.69) is 10.6 Å². The standard InChI is InChI=1S/C11H12N2O3/c1-6-10(14)13-9-7(11(15)12-6)4-3-5-8(9)16-2/h3-6H,1-2H3,(H,12,15)(H,13,14). The second kappa shape index (κ2) is 3.84. The fourth-order valence-electron chi connectivity index (χ4n) is 1.59. The molecule has 0 radical (unpaired) electrons. The second-order valence-electron chi connectivity index (χ2n) is 3.57. The zero-order chi connectivity index (χ0) is 11.7. The first-order valence-corrected chi connectivity index (χ1v) is 4.92. The highest BCUT2D eigenvalue weighted by Gasteiger charge is 2.26. The van der Waals surface area contributed by atoms with Gasteiger partial charge in [0.2, 0.25) is 5.91 Å². The van der Waals surface area contributed by atoms with Crippen molar-refractivity contribution in [3.63, 3.8) is 0 Å². The number of carbonyl (C=O) groups excluding carboxylic acids is 2. The van der Waals surface area contributed by atoms with Crippen LogP contribution in [-0.4, -0.2) is 25.0 Å². The van der Waals surface area contributed by atoms with E-state index < -0.39 is 6.04 Å². The summed E-state index contributed by atoms with van der Waals surface area (Å²) in [5, 5.41) is 5.27. The number of carbonyl (C=O) groups is 2. The van der Waals surface area contributed by atoms with Crippen LogP contribution >= 0.6 is 0 Å². The molecule has 0 saturated carbocycles. The van der Waals surface area contributed by atoms with Crippen LogP contribution in [0.3, 0.4) is 0 Å². The van der Waals surface area contributed by atoms with E-state index >= 15 is 0 Å². The number of nitrogens with one attached hydrogen (secondary N) is 2. The Labute approximate surface area is 92.8 Å². The van der Waals surface area contributed by atoms with Crippen LogP contribution in [0.5, 0.6) is 5.75 Å². The van der Waals surface area contributed by atoms with Crippen LogP contribution in [-0.2, 0) is 4.79 Å². The molecule has 0 spiro atoms. The quantitative estimate of drug-likeness (QED) is 0.734. The molecule has 16 heavy (non-hydrogen) atoms. The number of hydrogen-bond acceptors (Lipinski definition) is 3. The average Bonchev–Trinajstić information content (AvgIpc) is 2.38. The minimum atomic E-state index is -0.551. The number of rotatable bonds is 1. The molecule has 1 atom stereocenters. The van der Waals surface area contributed by atoms with E-state index in [9.17, 15) is 9.59 Å². The molecule has 1 unspecified atom stereocenters. The van der Waals surface area contributed by atoms with Crippen LogP contribution in [0.25, 0.3) is 0 Å². The lowest BCUT2D eigenvalue weighted by molar-refractivity contribution is -0.117. The zero-order valence-corrected chi connectivity index (χ0v) is 9.03. The molecule has 0 aliphatic carbocycles. The first kappa shape index (κ1) is 10.5. The van der Waals surface area contributed by atoms with Crippen LogP contribution in [0.1, 0.15) is 17.3 Å². The molecule has 0 bridgehead atoms. The van der Waals surface area contributed by atoms with Crippen molar-refractivity contribution in [2.24, 2.45) is 0 Å². The summed E-state index contributed by atoms with van der Waals surface area (Å²) in [6.45, 7) is 1.63. The Morgan fingerprint density at radius 2 is 2.06 bits per heavy atom. The third kappa shape index (κ3) is 1.60. The third-order valence-electron chi connectivity index (χ3n) is 2.48. The number of ether oxygens (including phenoxy) is 1. The van der Waals surface area contributed by atoms with E-state index in [1.165, 1.54) is 7.11 Å². The van der Waals surface area contributed by atoms with Crippen molar-refractivity contribution < 1.29 is 14.3 Å². The maximum absolute atomic E-state index is 11.8. The molecular weight excluding hydrogens is 208 g/mol. The lowest BCUT2D eigenvalue weighted by Crippen LogP contribution is -2.38. The van der Waals surface area contributed by atoms with Gasteiger partial charge in [0.25, 0.3) is 5.91 Å². The molecule has 1 aliphatic rings. The van der Waals surface area contributed by atoms with Crippen LogP contribution in [0, 0.1) is 0 Å². The third-order valence-corrected chi connectivity index (χ3v) is 2.48. The van der Waals surface area contributed by atoms with Crippen molar-refractivity contribution in [3.05, 3.63) is 23.8 Å². The van der Waals surface area contributed by atoms with E-state index in [0.717, 1.165) is 0 Å². The predicted molar refractivity (Wildman–Crippen MR) is 58.6 cm³/mol. The number of amides is 2. The highest BCUT2D eigenvalue weighted by Crippen LogP contribution is 2.29. The van der Waals surface area contributed by atoms with Crippen LogP contribution in [0.15, 0.2) is 18.2 Å². The first-order chi connectivity index (χ1) is 7.63. The molecule has 2 N–H and O–H groups in total. The van der Waals surface area contributed by atoms with Crippen molar-refractivity contribution in [2.45, 2.75) is 13.0 Å². The summed E-state index contributed by atoms with van der Waals surface area (Å²) in [7, 11) is 1.49. The van der Waals surface area contributed by atoms with Gasteiger partial charge >= 0.3 is 0 Å². The van der Waals surface area contributed by atoms with Crippen molar-refractivity contribution in [1.82, 2.24) is 5.32 Å². The summed E-state index contributed by atoms with van der Waals surface area (Å²) in [6, 6.07) is 4.50. The Hall–Kier alpha value is -2.04. The van der Waals surface area contributed by atoms with E-state index in [1.54, 1.807) is 25.1 Å². The zero-order valence-electron chi connectivity index (χ0n) is 9.03. The van der Waals surface area contributed by atoms with Crippen LogP contribution in [0.4, 0.5) is 5.69 Å². The van der Waals surface area contributed by atoms with Gasteiger partial charge in [-0.2, -0.15) is 0 Å². The maximum atomic E-state index is 11.8. The molecule has 1 aromatic carbocycles. The fourth-order valence-corrected chi connectivity index (χ4v) is 1.59. The topological polar surface area (TPSA) is 67.4 Å². The Bertz CT molecular complexity index is 457. The number of para-hydroxylation sites is 1. The summed E-state index contributed by atoms with van der Waals surface area (Å²) in [5.41, 5.74) is 0.842. The largest absolute Gasteiger partial charge is 0.495 e. The molecule has 1 aliphatic heterocycles. The highest BCUT2D eigenvalue weighted by molar-refractivity contribution is 6.10. The van der Waals surface area contributed by atoms with Crippen molar-refractivity contribution in [2.75, 3.05) is 12.4 Å². The van der Waals surface area contributed by atoms with Crippen molar-refractivity contribution in [3.8, 4) is 5.75 Å². The van der Waals surface area contributed by atoms with Gasteiger partial charge in [0, 0.05) is 0 Å². The minimum Gasteiger partial charge on any atom is -0.495 e. The summed E-state index contributed by atoms with van der Waals surface area (Å²) in [4.78, 5) is 23.4. The molecule has 0 fully saturated rings. The van der Waals surface area contributed by atoms with Crippen LogP contribution in [0.2, 0.25) is 0 Å². The summed E-state index contributed by atoms with van der Waals surface area (Å²) >= 11 is 0. The summed E-state index contributed by atoms with van der Waals surface area (Å²) in [6.07, 6.45) is 0. The Morgan fingerprint density at radius 1 is 1.31 bits per heavy atom. The normalized spacial score (nSPS) is 19.2. The number of fused-ring (bicyclic) bond motifs is 1. The molecule has 5 nitrogen and oxygen atoms in total. The Balaban J connectivity index is 2.55. The van der Waals surface area contributed by atoms with E-state index in [4.69, 9.17) is 4.74 Å². The molecule has 2 rings (SSSR count). The van der Waals surface area contributed by atoms with Gasteiger partial charge in [-0.15, -0.1) is 0 Å². The molecule has 2 amide bonds. The lowest BCUT2D eigenvalue weighted by Gasteiger charge is -2.10. The fraction of sp³-hybridized carbons (Fsp3) is 0.273. The predicted octanol–water partition coefficient (Wildman–Crippen LogP) is 0.766. The molecule has 0 aromatic heterocycles. The first-order valence-electron chi connectivity index (χ1n) is 4.92. The summed E-state index contributed by atoms with van der Waals surface area (Å²) < 4.78 is 5.11. The molecule has 1 heterocycles. The molecule has 1 aromatic rings. The maximum Gasteiger partial charge on any atom is 0.254 e. The van der Waals surface area contributed by atoms with Gasteiger partial charge in [-0.05, 0) is 19.1 Å². The smallest absolute Gasteiger partial charge is 0.254 e. The van der Waals surface area contributed by atoms with E-state index in [1.807, 2.05) is 0 Å². The SMILES string of the molecule is COc1cccc2c1NC(=O)C(C)NC2=O. The van der Waals surface area contributed by atoms with E-state index in [-0.39, 0.29) is 11.8 Å². The van der Waals surface area contributed by atoms with E-state index in [0.29, 0.717) is 17.0 Å². The van der Waals surface area contributed by atoms with Crippen LogP contribution < -0.4 is 15.4 Å². The van der Waals surface area contributed by atoms with Crippen molar-refractivity contribution in [1.29, 1.82) is 0 Å². The lowest BCUT2D eigenvalue weighted by atomic mass is 10.1. The Kier molecular flexibility index (Phi) is 2.52. The van der Waals surface area contributed by atoms with Gasteiger partial charge in [0.15, 0.2) is 0 Å². The van der Waals surface area contributed by atoms with Gasteiger partial charge in [-0.25, -0.2) is 0 Å². The van der Waals surface area contributed by atoms with Gasteiger partial charge in [-0.1, -0.05) is 6.07 Å². The summed E-state index contributed by atoms with van der Waals surface area (Å²) in [5.74, 6) is -0.0496. The minimum absolute atomic E-state index is 0.253. The second-order valence-corrected chi connectivity index (χ2v) is 3.57. The number of anilines is 1. The van der Waals surface area contributed by atoms with Gasteiger partial charge in [-0.3, -0.25) is 9.59 Å². The van der Waals surface area contributed by atoms with Gasteiger partial charge < -0.3 is 15.4 Å². The van der Waals surface area contributed by atoms with Gasteiger partial charge in [0.05, 0.1) is 18.4 Å². The van der Waals surface area contributed by atoms with Crippen molar-refractivity contribution >= 4 is 17.5 Å². The number of benzene rings is 1. The molecule has 0 saturated heterocycles. The molecular formula is C11H12N2O3. The average molecular weight is 220 g/mol. The van der Waals surface area contributed by atoms with Gasteiger partial charge in [0.1, 0.15) is 11.8 Å². The monoisotopic (exact) mass is 220 g/mol. The highest BCUT2D eigenvalue weighted by atomic mass is 16.5. The molecule has 5 heteroatoms. The number of hydrogen-bond donors (Lipinski definition) is 2. The number of methoxy groups -OCH3 is 1. The molecule has 84 valence electrons. The Morgan fingerprint density at radius 3 is 2.75 bits per heavy atom.